The van der Waals surface area contributed by atoms with Crippen molar-refractivity contribution in [1.82, 2.24) is 4.90 Å². The fourth-order valence-electron chi connectivity index (χ4n) is 2.68. The maximum Gasteiger partial charge on any atom is 0.165 e. The van der Waals surface area contributed by atoms with Crippen LogP contribution in [0.1, 0.15) is 31.7 Å². The van der Waals surface area contributed by atoms with Crippen LogP contribution >= 0.6 is 12.4 Å². The highest BCUT2D eigenvalue weighted by molar-refractivity contribution is 5.85. The van der Waals surface area contributed by atoms with E-state index in [1.165, 1.54) is 12.8 Å². The molecule has 1 heterocycles. The molecule has 3 nitrogen and oxygen atoms in total. The van der Waals surface area contributed by atoms with Gasteiger partial charge in [0.1, 0.15) is 0 Å². The Morgan fingerprint density at radius 2 is 2.20 bits per heavy atom. The Bertz CT molecular complexity index is 417. The Kier molecular flexibility index (Phi) is 7.27. The third-order valence-electron chi connectivity index (χ3n) is 3.70. The summed E-state index contributed by atoms with van der Waals surface area (Å²) in [5.74, 6) is 0.0564. The fraction of sp³-hybridized carbons (Fsp3) is 0.600. The first-order valence-corrected chi connectivity index (χ1v) is 7.10. The van der Waals surface area contributed by atoms with E-state index in [1.54, 1.807) is 12.1 Å². The highest BCUT2D eigenvalue weighted by Crippen LogP contribution is 2.22. The number of likely N-dealkylation sites (tertiary alicyclic amines) is 1. The number of hydrogen-bond acceptors (Lipinski definition) is 3. The first kappa shape index (κ1) is 17.2. The highest BCUT2D eigenvalue weighted by atomic mass is 35.5. The minimum Gasteiger partial charge on any atom is -0.491 e. The van der Waals surface area contributed by atoms with Crippen LogP contribution in [0.3, 0.4) is 0 Å². The van der Waals surface area contributed by atoms with E-state index in [-0.39, 0.29) is 18.2 Å². The number of hydrogen-bond donors (Lipinski definition) is 1. The van der Waals surface area contributed by atoms with Gasteiger partial charge in [0.2, 0.25) is 0 Å². The Morgan fingerprint density at radius 1 is 1.40 bits per heavy atom. The SMILES string of the molecule is CCOc1ccc(CN2CCCCC2CN)cc1F.Cl. The average molecular weight is 303 g/mol. The van der Waals surface area contributed by atoms with Gasteiger partial charge >= 0.3 is 0 Å². The molecule has 1 unspecified atom stereocenters. The molecule has 0 bridgehead atoms. The van der Waals surface area contributed by atoms with Crippen molar-refractivity contribution in [2.75, 3.05) is 19.7 Å². The lowest BCUT2D eigenvalue weighted by atomic mass is 10.0. The van der Waals surface area contributed by atoms with Gasteiger partial charge in [0.25, 0.3) is 0 Å². The zero-order valence-corrected chi connectivity index (χ0v) is 12.8. The van der Waals surface area contributed by atoms with Crippen LogP contribution in [0.25, 0.3) is 0 Å². The summed E-state index contributed by atoms with van der Waals surface area (Å²) in [5, 5.41) is 0. The lowest BCUT2D eigenvalue weighted by Crippen LogP contribution is -2.43. The first-order chi connectivity index (χ1) is 9.24. The van der Waals surface area contributed by atoms with Crippen LogP contribution in [0.4, 0.5) is 4.39 Å². The van der Waals surface area contributed by atoms with E-state index >= 15 is 0 Å². The molecule has 1 aromatic rings. The van der Waals surface area contributed by atoms with Gasteiger partial charge in [-0.25, -0.2) is 4.39 Å². The minimum absolute atomic E-state index is 0. The summed E-state index contributed by atoms with van der Waals surface area (Å²) in [6.07, 6.45) is 3.60. The molecule has 20 heavy (non-hydrogen) atoms. The van der Waals surface area contributed by atoms with Crippen molar-refractivity contribution in [3.8, 4) is 5.75 Å². The predicted molar refractivity (Wildman–Crippen MR) is 81.9 cm³/mol. The van der Waals surface area contributed by atoms with E-state index in [2.05, 4.69) is 4.90 Å². The van der Waals surface area contributed by atoms with Crippen molar-refractivity contribution in [2.45, 2.75) is 38.8 Å². The van der Waals surface area contributed by atoms with E-state index < -0.39 is 0 Å². The normalized spacial score (nSPS) is 19.4. The number of benzene rings is 1. The van der Waals surface area contributed by atoms with Crippen molar-refractivity contribution in [3.63, 3.8) is 0 Å². The van der Waals surface area contributed by atoms with Gasteiger partial charge in [0.15, 0.2) is 11.6 Å². The van der Waals surface area contributed by atoms with Crippen LogP contribution in [0, 0.1) is 5.82 Å². The monoisotopic (exact) mass is 302 g/mol. The Morgan fingerprint density at radius 3 is 2.85 bits per heavy atom. The number of rotatable bonds is 5. The molecular formula is C15H24ClFN2O. The molecule has 0 radical (unpaired) electrons. The molecule has 2 N–H and O–H groups in total. The van der Waals surface area contributed by atoms with Crippen molar-refractivity contribution >= 4 is 12.4 Å². The molecule has 0 aromatic heterocycles. The fourth-order valence-corrected chi connectivity index (χ4v) is 2.68. The molecule has 1 aliphatic rings. The molecule has 1 saturated heterocycles. The standard InChI is InChI=1S/C15H23FN2O.ClH/c1-2-19-15-7-6-12(9-14(15)16)11-18-8-4-3-5-13(18)10-17;/h6-7,9,13H,2-5,8,10-11,17H2,1H3;1H. The molecule has 0 amide bonds. The molecule has 114 valence electrons. The maximum atomic E-state index is 13.8. The second kappa shape index (κ2) is 8.45. The molecule has 0 saturated carbocycles. The van der Waals surface area contributed by atoms with Gasteiger partial charge in [-0.05, 0) is 44.0 Å². The molecule has 0 spiro atoms. The Balaban J connectivity index is 0.00000200. The highest BCUT2D eigenvalue weighted by Gasteiger charge is 2.21. The molecular weight excluding hydrogens is 279 g/mol. The van der Waals surface area contributed by atoms with Gasteiger partial charge in [-0.3, -0.25) is 4.90 Å². The van der Waals surface area contributed by atoms with Gasteiger partial charge in [-0.1, -0.05) is 12.5 Å². The summed E-state index contributed by atoms with van der Waals surface area (Å²) >= 11 is 0. The Hall–Kier alpha value is -0.840. The van der Waals surface area contributed by atoms with Gasteiger partial charge < -0.3 is 10.5 Å². The third kappa shape index (κ3) is 4.33. The summed E-state index contributed by atoms with van der Waals surface area (Å²) in [6, 6.07) is 5.67. The summed E-state index contributed by atoms with van der Waals surface area (Å²) < 4.78 is 19.0. The van der Waals surface area contributed by atoms with Gasteiger partial charge in [0.05, 0.1) is 6.61 Å². The van der Waals surface area contributed by atoms with Crippen LogP contribution < -0.4 is 10.5 Å². The number of ether oxygens (including phenoxy) is 1. The number of piperidine rings is 1. The molecule has 2 rings (SSSR count). The zero-order valence-electron chi connectivity index (χ0n) is 12.0. The summed E-state index contributed by atoms with van der Waals surface area (Å²) in [4.78, 5) is 2.36. The minimum atomic E-state index is -0.277. The van der Waals surface area contributed by atoms with Gasteiger partial charge in [0, 0.05) is 19.1 Å². The van der Waals surface area contributed by atoms with Gasteiger partial charge in [-0.15, -0.1) is 12.4 Å². The summed E-state index contributed by atoms with van der Waals surface area (Å²) in [6.45, 7) is 4.84. The zero-order chi connectivity index (χ0) is 13.7. The molecule has 5 heteroatoms. The smallest absolute Gasteiger partial charge is 0.165 e. The molecule has 1 fully saturated rings. The summed E-state index contributed by atoms with van der Waals surface area (Å²) in [7, 11) is 0. The van der Waals surface area contributed by atoms with E-state index in [0.717, 1.165) is 25.1 Å². The second-order valence-corrected chi connectivity index (χ2v) is 5.05. The number of nitrogens with zero attached hydrogens (tertiary/aromatic N) is 1. The topological polar surface area (TPSA) is 38.5 Å². The van der Waals surface area contributed by atoms with E-state index in [0.29, 0.717) is 24.9 Å². The van der Waals surface area contributed by atoms with Crippen molar-refractivity contribution in [3.05, 3.63) is 29.6 Å². The number of halogens is 2. The van der Waals surface area contributed by atoms with E-state index in [9.17, 15) is 4.39 Å². The van der Waals surface area contributed by atoms with E-state index in [1.807, 2.05) is 13.0 Å². The van der Waals surface area contributed by atoms with Crippen LogP contribution in [-0.4, -0.2) is 30.6 Å². The van der Waals surface area contributed by atoms with E-state index in [4.69, 9.17) is 10.5 Å². The molecule has 1 aromatic carbocycles. The predicted octanol–water partition coefficient (Wildman–Crippen LogP) is 2.96. The first-order valence-electron chi connectivity index (χ1n) is 7.10. The van der Waals surface area contributed by atoms with Gasteiger partial charge in [-0.2, -0.15) is 0 Å². The Labute approximate surface area is 126 Å². The largest absolute Gasteiger partial charge is 0.491 e. The maximum absolute atomic E-state index is 13.8. The quantitative estimate of drug-likeness (QED) is 0.909. The van der Waals surface area contributed by atoms with Crippen LogP contribution in [0.15, 0.2) is 18.2 Å². The second-order valence-electron chi connectivity index (χ2n) is 5.05. The average Bonchev–Trinajstić information content (AvgIpc) is 2.43. The van der Waals surface area contributed by atoms with Crippen molar-refractivity contribution < 1.29 is 9.13 Å². The molecule has 1 aliphatic heterocycles. The third-order valence-corrected chi connectivity index (χ3v) is 3.70. The van der Waals surface area contributed by atoms with Crippen molar-refractivity contribution in [2.24, 2.45) is 5.73 Å². The lowest BCUT2D eigenvalue weighted by Gasteiger charge is -2.35. The van der Waals surface area contributed by atoms with Crippen LogP contribution in [0.2, 0.25) is 0 Å². The molecule has 0 aliphatic carbocycles. The van der Waals surface area contributed by atoms with Crippen LogP contribution in [0.5, 0.6) is 5.75 Å². The summed E-state index contributed by atoms with van der Waals surface area (Å²) in [5.41, 5.74) is 6.79. The lowest BCUT2D eigenvalue weighted by molar-refractivity contribution is 0.144. The van der Waals surface area contributed by atoms with Crippen molar-refractivity contribution in [1.29, 1.82) is 0 Å². The molecule has 1 atom stereocenters. The number of nitrogens with two attached hydrogens (primary N) is 1. The van der Waals surface area contributed by atoms with Crippen LogP contribution in [-0.2, 0) is 6.54 Å².